The molecule has 6 heteroatoms. The predicted octanol–water partition coefficient (Wildman–Crippen LogP) is 5.13. The van der Waals surface area contributed by atoms with Gasteiger partial charge >= 0.3 is 11.9 Å². The fraction of sp³-hybridized carbons (Fsp3) is 0.296. The molecule has 2 unspecified atom stereocenters. The highest BCUT2D eigenvalue weighted by molar-refractivity contribution is 6.41. The molecule has 0 saturated carbocycles. The van der Waals surface area contributed by atoms with Crippen molar-refractivity contribution in [2.24, 2.45) is 0 Å². The highest BCUT2D eigenvalue weighted by atomic mass is 16.6. The van der Waals surface area contributed by atoms with Crippen LogP contribution in [-0.4, -0.2) is 30.4 Å². The van der Waals surface area contributed by atoms with Crippen molar-refractivity contribution in [2.75, 3.05) is 6.61 Å². The van der Waals surface area contributed by atoms with E-state index in [2.05, 4.69) is 0 Å². The lowest BCUT2D eigenvalue weighted by molar-refractivity contribution is -0.141. The second-order valence-corrected chi connectivity index (χ2v) is 8.49. The zero-order valence-corrected chi connectivity index (χ0v) is 19.5. The number of Topliss-reactive ketones (excluding diaryl/α,β-unsaturated/α-hetero) is 1. The van der Waals surface area contributed by atoms with Crippen molar-refractivity contribution in [3.05, 3.63) is 94.4 Å². The van der Waals surface area contributed by atoms with Gasteiger partial charge in [-0.25, -0.2) is 9.59 Å². The second kappa shape index (κ2) is 9.86. The standard InChI is InChI=1S/C27H28O6/c1-17-14-18(2)23(19(3)15-17)24(28)26(30)32-16-27(5,22-12-9-13-31-22)20(4)33-25(29)21-10-7-6-8-11-21/h6-15,20H,16H2,1-5H3. The van der Waals surface area contributed by atoms with Crippen LogP contribution in [0.2, 0.25) is 0 Å². The third-order valence-corrected chi connectivity index (χ3v) is 5.87. The smallest absolute Gasteiger partial charge is 0.379 e. The van der Waals surface area contributed by atoms with Crippen molar-refractivity contribution in [3.63, 3.8) is 0 Å². The molecule has 33 heavy (non-hydrogen) atoms. The predicted molar refractivity (Wildman–Crippen MR) is 123 cm³/mol. The van der Waals surface area contributed by atoms with E-state index in [1.165, 1.54) is 6.26 Å². The topological polar surface area (TPSA) is 82.8 Å². The molecule has 2 aromatic carbocycles. The molecule has 1 aromatic heterocycles. The number of hydrogen-bond donors (Lipinski definition) is 0. The molecule has 172 valence electrons. The molecule has 0 radical (unpaired) electrons. The quantitative estimate of drug-likeness (QED) is 0.270. The van der Waals surface area contributed by atoms with Gasteiger partial charge in [0.1, 0.15) is 18.5 Å². The van der Waals surface area contributed by atoms with Crippen molar-refractivity contribution >= 4 is 17.7 Å². The molecule has 0 aliphatic carbocycles. The van der Waals surface area contributed by atoms with Gasteiger partial charge in [0, 0.05) is 5.56 Å². The lowest BCUT2D eigenvalue weighted by Crippen LogP contribution is -2.43. The maximum atomic E-state index is 12.9. The number of esters is 2. The van der Waals surface area contributed by atoms with Crippen LogP contribution in [0.3, 0.4) is 0 Å². The van der Waals surface area contributed by atoms with Crippen molar-refractivity contribution in [1.29, 1.82) is 0 Å². The molecule has 0 bridgehead atoms. The number of ether oxygens (including phenoxy) is 2. The van der Waals surface area contributed by atoms with Crippen molar-refractivity contribution in [3.8, 4) is 0 Å². The van der Waals surface area contributed by atoms with Gasteiger partial charge in [-0.2, -0.15) is 0 Å². The molecule has 3 aromatic rings. The molecule has 0 saturated heterocycles. The van der Waals surface area contributed by atoms with Crippen molar-refractivity contribution < 1.29 is 28.3 Å². The van der Waals surface area contributed by atoms with E-state index >= 15 is 0 Å². The molecule has 0 N–H and O–H groups in total. The van der Waals surface area contributed by atoms with E-state index < -0.39 is 29.2 Å². The molecule has 0 aliphatic heterocycles. The summed E-state index contributed by atoms with van der Waals surface area (Å²) >= 11 is 0. The number of rotatable bonds is 8. The van der Waals surface area contributed by atoms with E-state index in [4.69, 9.17) is 13.9 Å². The lowest BCUT2D eigenvalue weighted by Gasteiger charge is -2.32. The highest BCUT2D eigenvalue weighted by Gasteiger charge is 2.41. The Morgan fingerprint density at radius 2 is 1.61 bits per heavy atom. The van der Waals surface area contributed by atoms with Gasteiger partial charge in [0.05, 0.1) is 17.2 Å². The summed E-state index contributed by atoms with van der Waals surface area (Å²) in [5.74, 6) is -1.71. The Bertz CT molecular complexity index is 1120. The molecule has 0 spiro atoms. The maximum Gasteiger partial charge on any atom is 0.379 e. The first-order chi connectivity index (χ1) is 15.6. The molecule has 3 rings (SSSR count). The van der Waals surface area contributed by atoms with Gasteiger partial charge < -0.3 is 13.9 Å². The van der Waals surface area contributed by atoms with E-state index in [-0.39, 0.29) is 6.61 Å². The normalized spacial score (nSPS) is 13.6. The molecule has 0 amide bonds. The Balaban J connectivity index is 1.79. The van der Waals surface area contributed by atoms with Crippen LogP contribution in [0.15, 0.2) is 65.3 Å². The number of benzene rings is 2. The Morgan fingerprint density at radius 3 is 2.18 bits per heavy atom. The van der Waals surface area contributed by atoms with Gasteiger partial charge in [-0.15, -0.1) is 0 Å². The molecule has 6 nitrogen and oxygen atoms in total. The van der Waals surface area contributed by atoms with Crippen LogP contribution >= 0.6 is 0 Å². The van der Waals surface area contributed by atoms with Gasteiger partial charge in [0.25, 0.3) is 5.78 Å². The lowest BCUT2D eigenvalue weighted by atomic mass is 9.83. The van der Waals surface area contributed by atoms with E-state index in [0.29, 0.717) is 28.0 Å². The molecular weight excluding hydrogens is 420 g/mol. The van der Waals surface area contributed by atoms with Crippen LogP contribution in [0.5, 0.6) is 0 Å². The number of aryl methyl sites for hydroxylation is 3. The van der Waals surface area contributed by atoms with E-state index in [1.54, 1.807) is 70.2 Å². The number of ketones is 1. The van der Waals surface area contributed by atoms with Crippen LogP contribution in [-0.2, 0) is 19.7 Å². The van der Waals surface area contributed by atoms with Gasteiger partial charge in [0.15, 0.2) is 0 Å². The zero-order valence-electron chi connectivity index (χ0n) is 19.5. The summed E-state index contributed by atoms with van der Waals surface area (Å²) in [5, 5.41) is 0. The second-order valence-electron chi connectivity index (χ2n) is 8.49. The van der Waals surface area contributed by atoms with E-state index in [9.17, 15) is 14.4 Å². The summed E-state index contributed by atoms with van der Waals surface area (Å²) in [6.07, 6.45) is 0.771. The monoisotopic (exact) mass is 448 g/mol. The Morgan fingerprint density at radius 1 is 0.970 bits per heavy atom. The number of carbonyl (C=O) groups is 3. The minimum absolute atomic E-state index is 0.210. The highest BCUT2D eigenvalue weighted by Crippen LogP contribution is 2.31. The first kappa shape index (κ1) is 24.0. The largest absolute Gasteiger partial charge is 0.468 e. The molecule has 0 aliphatic rings. The minimum atomic E-state index is -1.01. The number of hydrogen-bond acceptors (Lipinski definition) is 6. The Hall–Kier alpha value is -3.67. The number of furan rings is 1. The van der Waals surface area contributed by atoms with Crippen LogP contribution < -0.4 is 0 Å². The summed E-state index contributed by atoms with van der Waals surface area (Å²) in [4.78, 5) is 38.1. The van der Waals surface area contributed by atoms with Crippen LogP contribution in [0.25, 0.3) is 0 Å². The molecule has 2 atom stereocenters. The van der Waals surface area contributed by atoms with Gasteiger partial charge in [0.2, 0.25) is 0 Å². The summed E-state index contributed by atoms with van der Waals surface area (Å²) in [7, 11) is 0. The van der Waals surface area contributed by atoms with Crippen molar-refractivity contribution in [2.45, 2.75) is 46.1 Å². The Kier molecular flexibility index (Phi) is 7.16. The maximum absolute atomic E-state index is 12.9. The first-order valence-corrected chi connectivity index (χ1v) is 10.7. The summed E-state index contributed by atoms with van der Waals surface area (Å²) in [6.45, 7) is 8.76. The summed E-state index contributed by atoms with van der Waals surface area (Å²) < 4.78 is 16.7. The average molecular weight is 449 g/mol. The van der Waals surface area contributed by atoms with Crippen LogP contribution in [0.1, 0.15) is 57.0 Å². The van der Waals surface area contributed by atoms with Gasteiger partial charge in [-0.05, 0) is 70.0 Å². The van der Waals surface area contributed by atoms with Crippen LogP contribution in [0.4, 0.5) is 0 Å². The molecular formula is C27H28O6. The SMILES string of the molecule is Cc1cc(C)c(C(=O)C(=O)OCC(C)(c2ccco2)C(C)OC(=O)c2ccccc2)c(C)c1. The van der Waals surface area contributed by atoms with E-state index in [0.717, 1.165) is 5.56 Å². The fourth-order valence-electron chi connectivity index (χ4n) is 3.85. The van der Waals surface area contributed by atoms with Gasteiger partial charge in [-0.1, -0.05) is 35.9 Å². The van der Waals surface area contributed by atoms with Crippen molar-refractivity contribution in [1.82, 2.24) is 0 Å². The fourth-order valence-corrected chi connectivity index (χ4v) is 3.85. The summed E-state index contributed by atoms with van der Waals surface area (Å²) in [5.41, 5.74) is 2.18. The third-order valence-electron chi connectivity index (χ3n) is 5.87. The summed E-state index contributed by atoms with van der Waals surface area (Å²) in [6, 6.07) is 15.7. The minimum Gasteiger partial charge on any atom is -0.468 e. The Labute approximate surface area is 193 Å². The van der Waals surface area contributed by atoms with E-state index in [1.807, 2.05) is 19.1 Å². The molecule has 1 heterocycles. The zero-order chi connectivity index (χ0) is 24.2. The average Bonchev–Trinajstić information content (AvgIpc) is 3.32. The van der Waals surface area contributed by atoms with Crippen LogP contribution in [0, 0.1) is 20.8 Å². The number of carbonyl (C=O) groups excluding carboxylic acids is 3. The molecule has 0 fully saturated rings. The first-order valence-electron chi connectivity index (χ1n) is 10.7. The van der Waals surface area contributed by atoms with Gasteiger partial charge in [-0.3, -0.25) is 4.79 Å². The third kappa shape index (κ3) is 5.22.